The van der Waals surface area contributed by atoms with E-state index in [0.29, 0.717) is 4.91 Å². The van der Waals surface area contributed by atoms with E-state index in [9.17, 15) is 4.79 Å². The normalized spacial score (nSPS) is 9.42. The van der Waals surface area contributed by atoms with Gasteiger partial charge in [-0.3, -0.25) is 4.79 Å². The van der Waals surface area contributed by atoms with Crippen LogP contribution in [0.5, 0.6) is 0 Å². The summed E-state index contributed by atoms with van der Waals surface area (Å²) in [6.45, 7) is 5.19. The van der Waals surface area contributed by atoms with Gasteiger partial charge in [-0.15, -0.1) is 0 Å². The Morgan fingerprint density at radius 3 is 2.42 bits per heavy atom. The zero-order valence-electron chi connectivity index (χ0n) is 6.91. The summed E-state index contributed by atoms with van der Waals surface area (Å²) < 4.78 is 0. The third-order valence-corrected chi connectivity index (χ3v) is 2.42. The summed E-state index contributed by atoms with van der Waals surface area (Å²) in [6.07, 6.45) is 0. The lowest BCUT2D eigenvalue weighted by Gasteiger charge is -1.99. The number of thioether (sulfide) groups is 1. The average molecular weight is 178 g/mol. The number of carbonyl (C=O) groups is 1. The lowest BCUT2D eigenvalue weighted by molar-refractivity contribution is -0.112. The van der Waals surface area contributed by atoms with Gasteiger partial charge in [0.25, 0.3) is 0 Å². The number of hydrogen-bond donors (Lipinski definition) is 0. The monoisotopic (exact) mass is 178 g/mol. The van der Waals surface area contributed by atoms with Crippen LogP contribution in [0, 0.1) is 0 Å². The fourth-order valence-electron chi connectivity index (χ4n) is 0.703. The van der Waals surface area contributed by atoms with Gasteiger partial charge in [0.2, 0.25) is 0 Å². The second-order valence-electron chi connectivity index (χ2n) is 2.39. The first-order valence-corrected chi connectivity index (χ1v) is 4.44. The van der Waals surface area contributed by atoms with Crippen molar-refractivity contribution in [3.05, 3.63) is 41.8 Å². The van der Waals surface area contributed by atoms with Crippen molar-refractivity contribution in [3.63, 3.8) is 0 Å². The summed E-state index contributed by atoms with van der Waals surface area (Å²) in [5.74, 6) is 0.0313. The van der Waals surface area contributed by atoms with E-state index in [-0.39, 0.29) is 5.78 Å². The maximum absolute atomic E-state index is 10.8. The molecule has 0 unspecified atom stereocenters. The molecule has 0 aliphatic heterocycles. The smallest absolute Gasteiger partial charge is 0.165 e. The van der Waals surface area contributed by atoms with Gasteiger partial charge in [0.05, 0.1) is 0 Å². The van der Waals surface area contributed by atoms with Crippen molar-refractivity contribution in [3.8, 4) is 0 Å². The number of hydrogen-bond acceptors (Lipinski definition) is 2. The Balaban J connectivity index is 2.65. The summed E-state index contributed by atoms with van der Waals surface area (Å²) in [7, 11) is 0. The van der Waals surface area contributed by atoms with Gasteiger partial charge < -0.3 is 0 Å². The van der Waals surface area contributed by atoms with Gasteiger partial charge in [0.1, 0.15) is 0 Å². The number of allylic oxidation sites excluding steroid dienone is 1. The quantitative estimate of drug-likeness (QED) is 0.523. The van der Waals surface area contributed by atoms with E-state index >= 15 is 0 Å². The molecular formula is C10H10OS. The van der Waals surface area contributed by atoms with Crippen LogP contribution in [-0.4, -0.2) is 5.78 Å². The molecule has 1 rings (SSSR count). The summed E-state index contributed by atoms with van der Waals surface area (Å²) in [6, 6.07) is 9.74. The number of carbonyl (C=O) groups excluding carboxylic acids is 1. The van der Waals surface area contributed by atoms with Gasteiger partial charge in [-0.05, 0) is 19.1 Å². The number of benzene rings is 1. The van der Waals surface area contributed by atoms with E-state index < -0.39 is 0 Å². The predicted octanol–water partition coefficient (Wildman–Crippen LogP) is 2.88. The molecule has 12 heavy (non-hydrogen) atoms. The molecule has 0 aliphatic rings. The first-order chi connectivity index (χ1) is 5.70. The van der Waals surface area contributed by atoms with Crippen molar-refractivity contribution in [2.24, 2.45) is 0 Å². The molecule has 0 saturated heterocycles. The lowest BCUT2D eigenvalue weighted by Crippen LogP contribution is -1.88. The molecule has 1 aromatic rings. The average Bonchev–Trinajstić information content (AvgIpc) is 2.06. The SMILES string of the molecule is C=C(Sc1ccccc1)C(C)=O. The van der Waals surface area contributed by atoms with Crippen LogP contribution in [0.2, 0.25) is 0 Å². The molecule has 0 amide bonds. The highest BCUT2D eigenvalue weighted by atomic mass is 32.2. The van der Waals surface area contributed by atoms with Gasteiger partial charge in [-0.2, -0.15) is 0 Å². The molecule has 0 saturated carbocycles. The number of ketones is 1. The number of Topliss-reactive ketones (excluding diaryl/α,β-unsaturated/α-hetero) is 1. The Hall–Kier alpha value is -1.02. The Bertz CT molecular complexity index is 290. The fourth-order valence-corrected chi connectivity index (χ4v) is 1.42. The Labute approximate surface area is 76.5 Å². The van der Waals surface area contributed by atoms with Crippen molar-refractivity contribution in [1.29, 1.82) is 0 Å². The van der Waals surface area contributed by atoms with Crippen molar-refractivity contribution in [2.75, 3.05) is 0 Å². The van der Waals surface area contributed by atoms with Crippen LogP contribution in [0.15, 0.2) is 46.7 Å². The highest BCUT2D eigenvalue weighted by molar-refractivity contribution is 8.04. The third kappa shape index (κ3) is 2.55. The summed E-state index contributed by atoms with van der Waals surface area (Å²) in [5.41, 5.74) is 0. The molecule has 0 fully saturated rings. The maximum atomic E-state index is 10.8. The van der Waals surface area contributed by atoms with Crippen LogP contribution in [0.4, 0.5) is 0 Å². The highest BCUT2D eigenvalue weighted by Crippen LogP contribution is 2.24. The van der Waals surface area contributed by atoms with Crippen LogP contribution < -0.4 is 0 Å². The Morgan fingerprint density at radius 1 is 1.33 bits per heavy atom. The molecule has 1 nitrogen and oxygen atoms in total. The van der Waals surface area contributed by atoms with E-state index in [0.717, 1.165) is 4.90 Å². The molecule has 0 aromatic heterocycles. The third-order valence-electron chi connectivity index (χ3n) is 1.38. The zero-order valence-corrected chi connectivity index (χ0v) is 7.73. The van der Waals surface area contributed by atoms with Crippen LogP contribution in [0.25, 0.3) is 0 Å². The van der Waals surface area contributed by atoms with Crippen LogP contribution in [0.1, 0.15) is 6.92 Å². The summed E-state index contributed by atoms with van der Waals surface area (Å²) >= 11 is 1.41. The predicted molar refractivity (Wildman–Crippen MR) is 52.1 cm³/mol. The molecule has 0 spiro atoms. The minimum atomic E-state index is 0.0313. The van der Waals surface area contributed by atoms with Gasteiger partial charge in [-0.1, -0.05) is 36.5 Å². The summed E-state index contributed by atoms with van der Waals surface area (Å²) in [4.78, 5) is 12.5. The molecular weight excluding hydrogens is 168 g/mol. The molecule has 0 bridgehead atoms. The van der Waals surface area contributed by atoms with E-state index in [1.807, 2.05) is 30.3 Å². The second kappa shape index (κ2) is 4.12. The van der Waals surface area contributed by atoms with E-state index in [2.05, 4.69) is 6.58 Å². The van der Waals surface area contributed by atoms with Gasteiger partial charge in [0, 0.05) is 9.80 Å². The van der Waals surface area contributed by atoms with E-state index in [1.165, 1.54) is 18.7 Å². The maximum Gasteiger partial charge on any atom is 0.165 e. The first-order valence-electron chi connectivity index (χ1n) is 3.63. The van der Waals surface area contributed by atoms with Gasteiger partial charge in [-0.25, -0.2) is 0 Å². The fraction of sp³-hybridized carbons (Fsp3) is 0.100. The standard InChI is InChI=1S/C10H10OS/c1-8(11)9(2)12-10-6-4-3-5-7-10/h3-7H,2H2,1H3. The number of rotatable bonds is 3. The zero-order chi connectivity index (χ0) is 8.97. The molecule has 1 aromatic carbocycles. The Morgan fingerprint density at radius 2 is 1.92 bits per heavy atom. The molecule has 0 atom stereocenters. The molecule has 0 N–H and O–H groups in total. The molecule has 62 valence electrons. The van der Waals surface area contributed by atoms with Crippen molar-refractivity contribution in [2.45, 2.75) is 11.8 Å². The lowest BCUT2D eigenvalue weighted by atomic mass is 10.4. The topological polar surface area (TPSA) is 17.1 Å². The van der Waals surface area contributed by atoms with Crippen LogP contribution in [-0.2, 0) is 4.79 Å². The van der Waals surface area contributed by atoms with Crippen LogP contribution >= 0.6 is 11.8 Å². The minimum Gasteiger partial charge on any atom is -0.294 e. The van der Waals surface area contributed by atoms with Gasteiger partial charge in [0.15, 0.2) is 5.78 Å². The first kappa shape index (κ1) is 9.07. The Kier molecular flexibility index (Phi) is 3.11. The largest absolute Gasteiger partial charge is 0.294 e. The van der Waals surface area contributed by atoms with E-state index in [1.54, 1.807) is 0 Å². The molecule has 0 aliphatic carbocycles. The minimum absolute atomic E-state index is 0.0313. The second-order valence-corrected chi connectivity index (χ2v) is 3.56. The molecule has 0 heterocycles. The summed E-state index contributed by atoms with van der Waals surface area (Å²) in [5, 5.41) is 0. The molecule has 2 heteroatoms. The van der Waals surface area contributed by atoms with E-state index in [4.69, 9.17) is 0 Å². The highest BCUT2D eigenvalue weighted by Gasteiger charge is 2.01. The van der Waals surface area contributed by atoms with Crippen LogP contribution in [0.3, 0.4) is 0 Å². The van der Waals surface area contributed by atoms with Crippen molar-refractivity contribution >= 4 is 17.5 Å². The molecule has 0 radical (unpaired) electrons. The van der Waals surface area contributed by atoms with Crippen molar-refractivity contribution < 1.29 is 4.79 Å². The van der Waals surface area contributed by atoms with Crippen molar-refractivity contribution in [1.82, 2.24) is 0 Å². The van der Waals surface area contributed by atoms with Gasteiger partial charge >= 0.3 is 0 Å².